The highest BCUT2D eigenvalue weighted by Gasteiger charge is 2.24. The molecule has 10 nitrogen and oxygen atoms in total. The number of anilines is 1. The highest BCUT2D eigenvalue weighted by molar-refractivity contribution is 6.04. The Morgan fingerprint density at radius 2 is 1.74 bits per heavy atom. The SMILES string of the molecule is CN(C(=O)c1ccc2c(c1)nc(NC(=O)c1ccc([N+](C)=O)cc1)n2CCCCC(N)=O)C1CCCCC1. The number of aryl methyl sites for hydroxylation is 1. The predicted molar refractivity (Wildman–Crippen MR) is 145 cm³/mol. The number of rotatable bonds is 10. The average molecular weight is 520 g/mol. The molecule has 0 bridgehead atoms. The lowest BCUT2D eigenvalue weighted by Gasteiger charge is -2.31. The van der Waals surface area contributed by atoms with Crippen LogP contribution in [0, 0.1) is 4.91 Å². The smallest absolute Gasteiger partial charge is 0.257 e. The van der Waals surface area contributed by atoms with Crippen LogP contribution in [0.5, 0.6) is 0 Å². The van der Waals surface area contributed by atoms with Gasteiger partial charge in [0.05, 0.1) is 11.0 Å². The maximum absolute atomic E-state index is 13.2. The summed E-state index contributed by atoms with van der Waals surface area (Å²) < 4.78 is 2.60. The van der Waals surface area contributed by atoms with Crippen LogP contribution in [0.25, 0.3) is 11.0 Å². The number of hydrogen-bond acceptors (Lipinski definition) is 5. The molecule has 2 aromatic carbocycles. The Kier molecular flexibility index (Phi) is 8.50. The molecule has 38 heavy (non-hydrogen) atoms. The van der Waals surface area contributed by atoms with Crippen molar-refractivity contribution < 1.29 is 19.1 Å². The number of nitroso groups, excluding NO2 is 1. The van der Waals surface area contributed by atoms with Crippen molar-refractivity contribution in [2.45, 2.75) is 64.0 Å². The lowest BCUT2D eigenvalue weighted by atomic mass is 9.94. The number of aromatic nitrogens is 2. The molecule has 0 spiro atoms. The van der Waals surface area contributed by atoms with Crippen LogP contribution in [-0.4, -0.2) is 57.1 Å². The van der Waals surface area contributed by atoms with Crippen molar-refractivity contribution in [2.24, 2.45) is 5.73 Å². The lowest BCUT2D eigenvalue weighted by Crippen LogP contribution is -2.38. The van der Waals surface area contributed by atoms with E-state index < -0.39 is 0 Å². The summed E-state index contributed by atoms with van der Waals surface area (Å²) in [5.74, 6) is -0.415. The van der Waals surface area contributed by atoms with Crippen LogP contribution in [0.15, 0.2) is 42.5 Å². The first-order valence-corrected chi connectivity index (χ1v) is 13.1. The van der Waals surface area contributed by atoms with Gasteiger partial charge < -0.3 is 15.2 Å². The molecule has 1 aliphatic carbocycles. The van der Waals surface area contributed by atoms with Gasteiger partial charge in [0.25, 0.3) is 17.5 Å². The Bertz CT molecular complexity index is 1340. The minimum atomic E-state index is -0.368. The maximum Gasteiger partial charge on any atom is 0.257 e. The fourth-order valence-electron chi connectivity index (χ4n) is 4.99. The summed E-state index contributed by atoms with van der Waals surface area (Å²) in [4.78, 5) is 55.4. The number of nitrogens with zero attached hydrogens (tertiary/aromatic N) is 4. The van der Waals surface area contributed by atoms with Crippen LogP contribution >= 0.6 is 0 Å². The van der Waals surface area contributed by atoms with Gasteiger partial charge in [-0.3, -0.25) is 19.7 Å². The van der Waals surface area contributed by atoms with Crippen molar-refractivity contribution in [3.63, 3.8) is 0 Å². The third-order valence-corrected chi connectivity index (χ3v) is 7.21. The molecular weight excluding hydrogens is 484 g/mol. The standard InChI is InChI=1S/C28H34N6O4/c1-32(21-8-4-3-5-9-21)27(37)20-13-16-24-23(18-20)30-28(34(24)17-7-6-10-25(29)35)31-26(36)19-11-14-22(15-12-19)33(2)38/h11-16,18,21H,3-10,17H2,1-2H3,(H2-,29,30,31,35,36)/p+1. The Labute approximate surface area is 221 Å². The van der Waals surface area contributed by atoms with Crippen molar-refractivity contribution in [1.82, 2.24) is 14.5 Å². The molecule has 1 aliphatic rings. The third-order valence-electron chi connectivity index (χ3n) is 7.21. The summed E-state index contributed by atoms with van der Waals surface area (Å²) in [6, 6.07) is 12.0. The number of unbranched alkanes of at least 4 members (excludes halogenated alkanes) is 1. The Hall–Kier alpha value is -4.08. The van der Waals surface area contributed by atoms with Gasteiger partial charge in [-0.1, -0.05) is 19.3 Å². The van der Waals surface area contributed by atoms with E-state index in [1.54, 1.807) is 36.4 Å². The molecule has 3 N–H and O–H groups in total. The van der Waals surface area contributed by atoms with E-state index in [4.69, 9.17) is 5.73 Å². The summed E-state index contributed by atoms with van der Waals surface area (Å²) in [5, 5.41) is 2.87. The molecule has 1 saturated carbocycles. The Balaban J connectivity index is 1.60. The third kappa shape index (κ3) is 6.24. The molecule has 3 aromatic rings. The van der Waals surface area contributed by atoms with Crippen molar-refractivity contribution >= 4 is 40.4 Å². The second-order valence-electron chi connectivity index (χ2n) is 9.92. The molecule has 4 rings (SSSR count). The number of nitrogens with two attached hydrogens (primary N) is 1. The number of hydrogen-bond donors (Lipinski definition) is 2. The topological polar surface area (TPSA) is 130 Å². The van der Waals surface area contributed by atoms with E-state index in [0.29, 0.717) is 47.7 Å². The number of benzene rings is 2. The molecule has 0 atom stereocenters. The van der Waals surface area contributed by atoms with Crippen molar-refractivity contribution in [3.8, 4) is 0 Å². The number of primary amides is 1. The summed E-state index contributed by atoms with van der Waals surface area (Å²) in [5.41, 5.74) is 8.04. The average Bonchev–Trinajstić information content (AvgIpc) is 3.26. The second-order valence-corrected chi connectivity index (χ2v) is 9.92. The number of carbonyl (C=O) groups excluding carboxylic acids is 3. The van der Waals surface area contributed by atoms with E-state index in [9.17, 15) is 19.3 Å². The molecule has 0 unspecified atom stereocenters. The van der Waals surface area contributed by atoms with Gasteiger partial charge in [-0.05, 0) is 56.0 Å². The summed E-state index contributed by atoms with van der Waals surface area (Å²) in [6.45, 7) is 0.509. The van der Waals surface area contributed by atoms with E-state index in [0.717, 1.165) is 36.0 Å². The zero-order valence-corrected chi connectivity index (χ0v) is 22.0. The molecule has 3 amide bonds. The number of amides is 3. The first kappa shape index (κ1) is 27.0. The molecule has 1 fully saturated rings. The van der Waals surface area contributed by atoms with Crippen LogP contribution in [0.3, 0.4) is 0 Å². The van der Waals surface area contributed by atoms with Crippen LogP contribution in [-0.2, 0) is 11.3 Å². The monoisotopic (exact) mass is 519 g/mol. The minimum absolute atomic E-state index is 0.0381. The molecule has 0 aliphatic heterocycles. The van der Waals surface area contributed by atoms with Gasteiger partial charge in [-0.15, -0.1) is 0 Å². The zero-order valence-electron chi connectivity index (χ0n) is 22.0. The molecule has 200 valence electrons. The Morgan fingerprint density at radius 1 is 1.05 bits per heavy atom. The lowest BCUT2D eigenvalue weighted by molar-refractivity contribution is -0.428. The number of nitrogens with one attached hydrogen (secondary N) is 1. The zero-order chi connectivity index (χ0) is 27.2. The fraction of sp³-hybridized carbons (Fsp3) is 0.429. The molecule has 1 heterocycles. The van der Waals surface area contributed by atoms with Crippen LogP contribution < -0.4 is 11.1 Å². The fourth-order valence-corrected chi connectivity index (χ4v) is 4.99. The summed E-state index contributed by atoms with van der Waals surface area (Å²) in [6.07, 6.45) is 7.08. The molecule has 1 aromatic heterocycles. The van der Waals surface area contributed by atoms with E-state index in [2.05, 4.69) is 10.3 Å². The van der Waals surface area contributed by atoms with E-state index in [1.807, 2.05) is 22.6 Å². The van der Waals surface area contributed by atoms with Gasteiger partial charge >= 0.3 is 0 Å². The van der Waals surface area contributed by atoms with Crippen molar-refractivity contribution in [2.75, 3.05) is 19.4 Å². The summed E-state index contributed by atoms with van der Waals surface area (Å²) >= 11 is 0. The van der Waals surface area contributed by atoms with E-state index >= 15 is 0 Å². The summed E-state index contributed by atoms with van der Waals surface area (Å²) in [7, 11) is 3.25. The predicted octanol–water partition coefficient (Wildman–Crippen LogP) is 4.39. The molecular formula is C28H35N6O4+. The van der Waals surface area contributed by atoms with Crippen molar-refractivity contribution in [3.05, 3.63) is 58.5 Å². The largest absolute Gasteiger partial charge is 0.370 e. The first-order valence-electron chi connectivity index (χ1n) is 13.1. The molecule has 0 radical (unpaired) electrons. The second kappa shape index (κ2) is 12.0. The molecule has 0 saturated heterocycles. The normalized spacial score (nSPS) is 13.8. The van der Waals surface area contributed by atoms with Crippen LogP contribution in [0.2, 0.25) is 0 Å². The first-order chi connectivity index (χ1) is 18.2. The highest BCUT2D eigenvalue weighted by Crippen LogP contribution is 2.26. The van der Waals surface area contributed by atoms with E-state index in [1.165, 1.54) is 13.5 Å². The van der Waals surface area contributed by atoms with Gasteiger partial charge in [0.15, 0.2) is 7.05 Å². The number of fused-ring (bicyclic) bond motifs is 1. The number of carbonyl (C=O) groups is 3. The number of imidazole rings is 1. The minimum Gasteiger partial charge on any atom is -0.370 e. The highest BCUT2D eigenvalue weighted by atomic mass is 16.3. The van der Waals surface area contributed by atoms with Gasteiger partial charge in [0.2, 0.25) is 11.9 Å². The van der Waals surface area contributed by atoms with Crippen molar-refractivity contribution in [1.29, 1.82) is 0 Å². The van der Waals surface area contributed by atoms with Gasteiger partial charge in [-0.25, -0.2) is 4.98 Å². The van der Waals surface area contributed by atoms with E-state index in [-0.39, 0.29) is 30.2 Å². The quantitative estimate of drug-likeness (QED) is 0.303. The van der Waals surface area contributed by atoms with Crippen LogP contribution in [0.1, 0.15) is 72.1 Å². The maximum atomic E-state index is 13.2. The molecule has 10 heteroatoms. The van der Waals surface area contributed by atoms with Gasteiger partial charge in [0.1, 0.15) is 0 Å². The van der Waals surface area contributed by atoms with Gasteiger partial charge in [0, 0.05) is 59.0 Å². The van der Waals surface area contributed by atoms with Crippen LogP contribution in [0.4, 0.5) is 11.6 Å². The Morgan fingerprint density at radius 3 is 2.39 bits per heavy atom. The van der Waals surface area contributed by atoms with Gasteiger partial charge in [-0.2, -0.15) is 0 Å².